The Morgan fingerprint density at radius 2 is 1.90 bits per heavy atom. The van der Waals surface area contributed by atoms with Gasteiger partial charge in [-0.3, -0.25) is 9.59 Å². The minimum absolute atomic E-state index is 0.0499. The van der Waals surface area contributed by atoms with E-state index in [4.69, 9.17) is 0 Å². The fourth-order valence-corrected chi connectivity index (χ4v) is 4.50. The highest BCUT2D eigenvalue weighted by Gasteiger charge is 2.25. The molecule has 1 aliphatic heterocycles. The summed E-state index contributed by atoms with van der Waals surface area (Å²) in [7, 11) is 0. The number of amides is 2. The van der Waals surface area contributed by atoms with Gasteiger partial charge in [-0.05, 0) is 32.0 Å². The molecule has 0 aliphatic carbocycles. The zero-order valence-corrected chi connectivity index (χ0v) is 17.7. The molecule has 2 heterocycles. The fourth-order valence-electron chi connectivity index (χ4n) is 2.79. The van der Waals surface area contributed by atoms with Gasteiger partial charge >= 0.3 is 0 Å². The number of nitrogens with zero attached hydrogens (tertiary/aromatic N) is 4. The molecule has 29 heavy (non-hydrogen) atoms. The predicted octanol–water partition coefficient (Wildman–Crippen LogP) is 2.40. The second-order valence-corrected chi connectivity index (χ2v) is 8.95. The molecule has 0 radical (unpaired) electrons. The number of anilines is 1. The van der Waals surface area contributed by atoms with Gasteiger partial charge in [-0.15, -0.1) is 10.2 Å². The van der Waals surface area contributed by atoms with Gasteiger partial charge < -0.3 is 15.1 Å². The first-order chi connectivity index (χ1) is 13.8. The van der Waals surface area contributed by atoms with Crippen molar-refractivity contribution in [3.05, 3.63) is 35.4 Å². The molecule has 2 aromatic rings. The maximum Gasteiger partial charge on any atom is 0.254 e. The largest absolute Gasteiger partial charge is 0.353 e. The predicted molar refractivity (Wildman–Crippen MR) is 108 cm³/mol. The van der Waals surface area contributed by atoms with Gasteiger partial charge in [-0.25, -0.2) is 8.78 Å². The Hall–Kier alpha value is -2.27. The number of carbonyl (C=O) groups is 2. The molecule has 1 aliphatic rings. The molecule has 0 unspecified atom stereocenters. The summed E-state index contributed by atoms with van der Waals surface area (Å²) in [6.07, 6.45) is 0. The Bertz CT molecular complexity index is 885. The van der Waals surface area contributed by atoms with Crippen molar-refractivity contribution in [2.24, 2.45) is 0 Å². The van der Waals surface area contributed by atoms with Gasteiger partial charge in [0.05, 0.1) is 5.75 Å². The normalized spacial score (nSPS) is 14.4. The molecule has 0 atom stereocenters. The third-order valence-electron chi connectivity index (χ3n) is 4.18. The van der Waals surface area contributed by atoms with Crippen LogP contribution in [-0.2, 0) is 4.79 Å². The molecular formula is C18H21F2N5O2S2. The van der Waals surface area contributed by atoms with Crippen LogP contribution in [-0.4, -0.2) is 64.9 Å². The molecule has 7 nitrogen and oxygen atoms in total. The van der Waals surface area contributed by atoms with Gasteiger partial charge in [0.2, 0.25) is 11.0 Å². The molecule has 0 spiro atoms. The Morgan fingerprint density at radius 1 is 1.17 bits per heavy atom. The average molecular weight is 442 g/mol. The molecule has 0 saturated carbocycles. The molecule has 156 valence electrons. The second kappa shape index (κ2) is 9.49. The number of nitrogens with one attached hydrogen (secondary N) is 1. The van der Waals surface area contributed by atoms with Crippen molar-refractivity contribution in [3.8, 4) is 0 Å². The van der Waals surface area contributed by atoms with Crippen LogP contribution >= 0.6 is 23.1 Å². The number of rotatable bonds is 6. The van der Waals surface area contributed by atoms with Crippen LogP contribution in [0.15, 0.2) is 22.5 Å². The molecule has 11 heteroatoms. The van der Waals surface area contributed by atoms with Crippen molar-refractivity contribution in [1.29, 1.82) is 0 Å². The van der Waals surface area contributed by atoms with Crippen LogP contribution in [0.25, 0.3) is 0 Å². The number of thioether (sulfide) groups is 1. The summed E-state index contributed by atoms with van der Waals surface area (Å²) >= 11 is 2.74. The topological polar surface area (TPSA) is 78.4 Å². The molecule has 3 rings (SSSR count). The monoisotopic (exact) mass is 441 g/mol. The van der Waals surface area contributed by atoms with Gasteiger partial charge in [0, 0.05) is 37.8 Å². The van der Waals surface area contributed by atoms with Gasteiger partial charge in [-0.2, -0.15) is 0 Å². The van der Waals surface area contributed by atoms with Gasteiger partial charge in [0.15, 0.2) is 16.0 Å². The first-order valence-corrected chi connectivity index (χ1v) is 10.9. The highest BCUT2D eigenvalue weighted by molar-refractivity contribution is 8.01. The zero-order chi connectivity index (χ0) is 21.0. The van der Waals surface area contributed by atoms with Crippen LogP contribution in [0, 0.1) is 11.6 Å². The lowest BCUT2D eigenvalue weighted by Crippen LogP contribution is -2.48. The maximum atomic E-state index is 13.4. The molecule has 0 bridgehead atoms. The van der Waals surface area contributed by atoms with Crippen molar-refractivity contribution in [1.82, 2.24) is 20.4 Å². The number of halogens is 2. The number of benzene rings is 1. The van der Waals surface area contributed by atoms with Crippen LogP contribution in [0.3, 0.4) is 0 Å². The molecular weight excluding hydrogens is 420 g/mol. The summed E-state index contributed by atoms with van der Waals surface area (Å²) in [6, 6.07) is 3.27. The summed E-state index contributed by atoms with van der Waals surface area (Å²) in [5, 5.41) is 11.8. The smallest absolute Gasteiger partial charge is 0.254 e. The fraction of sp³-hybridized carbons (Fsp3) is 0.444. The van der Waals surface area contributed by atoms with Crippen LogP contribution in [0.2, 0.25) is 0 Å². The van der Waals surface area contributed by atoms with E-state index in [1.807, 2.05) is 18.7 Å². The Morgan fingerprint density at radius 3 is 2.55 bits per heavy atom. The summed E-state index contributed by atoms with van der Waals surface area (Å²) < 4.78 is 27.1. The first-order valence-electron chi connectivity index (χ1n) is 9.08. The number of carbonyl (C=O) groups excluding carboxylic acids is 2. The van der Waals surface area contributed by atoms with Crippen molar-refractivity contribution < 1.29 is 18.4 Å². The van der Waals surface area contributed by atoms with Crippen molar-refractivity contribution in [3.63, 3.8) is 0 Å². The average Bonchev–Trinajstić information content (AvgIpc) is 3.17. The van der Waals surface area contributed by atoms with Gasteiger partial charge in [-0.1, -0.05) is 23.1 Å². The van der Waals surface area contributed by atoms with E-state index < -0.39 is 11.6 Å². The number of hydrogen-bond donors (Lipinski definition) is 1. The molecule has 1 saturated heterocycles. The molecule has 1 N–H and O–H groups in total. The lowest BCUT2D eigenvalue weighted by atomic mass is 10.1. The summed E-state index contributed by atoms with van der Waals surface area (Å²) in [4.78, 5) is 27.8. The van der Waals surface area contributed by atoms with E-state index in [1.165, 1.54) is 29.2 Å². The Balaban J connectivity index is 1.51. The Kier molecular flexibility index (Phi) is 7.01. The van der Waals surface area contributed by atoms with Crippen LogP contribution < -0.4 is 10.2 Å². The lowest BCUT2D eigenvalue weighted by molar-refractivity contribution is -0.119. The lowest BCUT2D eigenvalue weighted by Gasteiger charge is -2.34. The SMILES string of the molecule is CC(C)NC(=O)CSc1nnc(N2CCN(C(=O)c3ccc(F)c(F)c3)CC2)s1. The molecule has 1 fully saturated rings. The van der Waals surface area contributed by atoms with Crippen molar-refractivity contribution >= 4 is 40.0 Å². The maximum absolute atomic E-state index is 13.4. The minimum Gasteiger partial charge on any atom is -0.353 e. The van der Waals surface area contributed by atoms with Crippen molar-refractivity contribution in [2.75, 3.05) is 36.8 Å². The van der Waals surface area contributed by atoms with Gasteiger partial charge in [0.1, 0.15) is 0 Å². The summed E-state index contributed by atoms with van der Waals surface area (Å²) in [5.74, 6) is -2.10. The third-order valence-corrected chi connectivity index (χ3v) is 6.29. The standard InChI is InChI=1S/C18H21F2N5O2S2/c1-11(2)21-15(26)10-28-18-23-22-17(29-18)25-7-5-24(6-8-25)16(27)12-3-4-13(19)14(20)9-12/h3-4,9,11H,5-8,10H2,1-2H3,(H,21,26). The molecule has 1 aromatic heterocycles. The zero-order valence-electron chi connectivity index (χ0n) is 16.0. The molecule has 1 aromatic carbocycles. The van der Waals surface area contributed by atoms with Gasteiger partial charge in [0.25, 0.3) is 5.91 Å². The van der Waals surface area contributed by atoms with Crippen molar-refractivity contribution in [2.45, 2.75) is 24.2 Å². The number of aromatic nitrogens is 2. The first kappa shape index (κ1) is 21.4. The highest BCUT2D eigenvalue weighted by Crippen LogP contribution is 2.28. The quantitative estimate of drug-likeness (QED) is 0.694. The number of piperazine rings is 1. The van der Waals surface area contributed by atoms with E-state index in [1.54, 1.807) is 4.90 Å². The summed E-state index contributed by atoms with van der Waals surface area (Å²) in [6.45, 7) is 5.81. The second-order valence-electron chi connectivity index (χ2n) is 6.77. The highest BCUT2D eigenvalue weighted by atomic mass is 32.2. The number of hydrogen-bond acceptors (Lipinski definition) is 7. The third kappa shape index (κ3) is 5.63. The summed E-state index contributed by atoms with van der Waals surface area (Å²) in [5.41, 5.74) is 0.131. The van der Waals surface area contributed by atoms with E-state index in [0.29, 0.717) is 30.5 Å². The van der Waals surface area contributed by atoms with E-state index in [-0.39, 0.29) is 29.2 Å². The van der Waals surface area contributed by atoms with E-state index >= 15 is 0 Å². The van der Waals surface area contributed by atoms with Crippen LogP contribution in [0.4, 0.5) is 13.9 Å². The van der Waals surface area contributed by atoms with E-state index in [2.05, 4.69) is 15.5 Å². The van der Waals surface area contributed by atoms with Crippen LogP contribution in [0.1, 0.15) is 24.2 Å². The van der Waals surface area contributed by atoms with E-state index in [9.17, 15) is 18.4 Å². The Labute approximate surface area is 175 Å². The van der Waals surface area contributed by atoms with Crippen LogP contribution in [0.5, 0.6) is 0 Å². The molecule has 2 amide bonds. The minimum atomic E-state index is -1.03. The van der Waals surface area contributed by atoms with E-state index in [0.717, 1.165) is 17.3 Å².